The lowest BCUT2D eigenvalue weighted by Gasteiger charge is -2.10. The van der Waals surface area contributed by atoms with Gasteiger partial charge in [0.2, 0.25) is 5.91 Å². The molecule has 2 rings (SSSR count). The van der Waals surface area contributed by atoms with Crippen LogP contribution in [0.3, 0.4) is 0 Å². The summed E-state index contributed by atoms with van der Waals surface area (Å²) in [7, 11) is 0. The van der Waals surface area contributed by atoms with Gasteiger partial charge in [-0.3, -0.25) is 9.59 Å². The zero-order chi connectivity index (χ0) is 17.7. The summed E-state index contributed by atoms with van der Waals surface area (Å²) < 4.78 is 36.7. The molecule has 8 heteroatoms. The SMILES string of the molecule is NC(=O)c1ccc(NCc2cccc(NC(=O)C(F)(F)F)c2)cc1. The molecule has 0 unspecified atom stereocenters. The minimum Gasteiger partial charge on any atom is -0.381 e. The van der Waals surface area contributed by atoms with Crippen LogP contribution >= 0.6 is 0 Å². The van der Waals surface area contributed by atoms with Crippen molar-refractivity contribution in [2.24, 2.45) is 5.73 Å². The zero-order valence-corrected chi connectivity index (χ0v) is 12.4. The number of primary amides is 1. The Balaban J connectivity index is 1.99. The number of benzene rings is 2. The summed E-state index contributed by atoms with van der Waals surface area (Å²) in [6.07, 6.45) is -4.93. The summed E-state index contributed by atoms with van der Waals surface area (Å²) in [5.41, 5.74) is 6.96. The van der Waals surface area contributed by atoms with Crippen molar-refractivity contribution in [2.75, 3.05) is 10.6 Å². The van der Waals surface area contributed by atoms with Crippen molar-refractivity contribution in [2.45, 2.75) is 12.7 Å². The van der Waals surface area contributed by atoms with E-state index in [1.54, 1.807) is 41.7 Å². The number of amides is 2. The van der Waals surface area contributed by atoms with Crippen LogP contribution in [0.1, 0.15) is 15.9 Å². The summed E-state index contributed by atoms with van der Waals surface area (Å²) in [6.45, 7) is 0.325. The summed E-state index contributed by atoms with van der Waals surface area (Å²) >= 11 is 0. The normalized spacial score (nSPS) is 11.0. The minimum absolute atomic E-state index is 0.0562. The first-order valence-corrected chi connectivity index (χ1v) is 6.86. The average Bonchev–Trinajstić information content (AvgIpc) is 2.53. The average molecular weight is 337 g/mol. The first kappa shape index (κ1) is 17.3. The van der Waals surface area contributed by atoms with E-state index in [-0.39, 0.29) is 5.69 Å². The Labute approximate surface area is 135 Å². The first-order valence-electron chi connectivity index (χ1n) is 6.86. The molecule has 0 atom stereocenters. The largest absolute Gasteiger partial charge is 0.471 e. The molecule has 5 nitrogen and oxygen atoms in total. The van der Waals surface area contributed by atoms with E-state index in [0.29, 0.717) is 23.4 Å². The molecule has 24 heavy (non-hydrogen) atoms. The molecule has 0 aliphatic heterocycles. The van der Waals surface area contributed by atoms with Gasteiger partial charge in [0.05, 0.1) is 0 Å². The van der Waals surface area contributed by atoms with Gasteiger partial charge in [-0.25, -0.2) is 0 Å². The molecular weight excluding hydrogens is 323 g/mol. The van der Waals surface area contributed by atoms with Crippen molar-refractivity contribution in [1.29, 1.82) is 0 Å². The van der Waals surface area contributed by atoms with Crippen molar-refractivity contribution < 1.29 is 22.8 Å². The summed E-state index contributed by atoms with van der Waals surface area (Å²) in [5.74, 6) is -2.55. The van der Waals surface area contributed by atoms with Crippen molar-refractivity contribution in [3.63, 3.8) is 0 Å². The van der Waals surface area contributed by atoms with Gasteiger partial charge in [-0.15, -0.1) is 0 Å². The molecule has 2 aromatic carbocycles. The zero-order valence-electron chi connectivity index (χ0n) is 12.4. The molecular formula is C16H14F3N3O2. The topological polar surface area (TPSA) is 84.2 Å². The fraction of sp³-hybridized carbons (Fsp3) is 0.125. The van der Waals surface area contributed by atoms with E-state index in [9.17, 15) is 22.8 Å². The molecule has 0 aliphatic rings. The smallest absolute Gasteiger partial charge is 0.381 e. The number of halogens is 3. The summed E-state index contributed by atoms with van der Waals surface area (Å²) in [5, 5.41) is 4.85. The second-order valence-corrected chi connectivity index (χ2v) is 4.95. The maximum absolute atomic E-state index is 12.2. The molecule has 2 amide bonds. The number of nitrogens with two attached hydrogens (primary N) is 1. The highest BCUT2D eigenvalue weighted by atomic mass is 19.4. The second kappa shape index (κ2) is 7.03. The molecule has 4 N–H and O–H groups in total. The summed E-state index contributed by atoms with van der Waals surface area (Å²) in [4.78, 5) is 21.9. The third kappa shape index (κ3) is 4.73. The van der Waals surface area contributed by atoms with Gasteiger partial charge in [0, 0.05) is 23.5 Å². The van der Waals surface area contributed by atoms with Gasteiger partial charge in [-0.2, -0.15) is 13.2 Å². The standard InChI is InChI=1S/C16H14F3N3O2/c17-16(18,19)15(24)22-13-3-1-2-10(8-13)9-21-12-6-4-11(5-7-12)14(20)23/h1-8,21H,9H2,(H2,20,23)(H,22,24). The molecule has 0 aliphatic carbocycles. The van der Waals surface area contributed by atoms with Crippen LogP contribution in [0.2, 0.25) is 0 Å². The number of rotatable bonds is 5. The Kier molecular flexibility index (Phi) is 5.08. The highest BCUT2D eigenvalue weighted by Gasteiger charge is 2.38. The molecule has 0 saturated heterocycles. The van der Waals surface area contributed by atoms with Crippen molar-refractivity contribution in [3.05, 3.63) is 59.7 Å². The predicted molar refractivity (Wildman–Crippen MR) is 83.4 cm³/mol. The van der Waals surface area contributed by atoms with Crippen LogP contribution < -0.4 is 16.4 Å². The van der Waals surface area contributed by atoms with Crippen LogP contribution in [0.15, 0.2) is 48.5 Å². The van der Waals surface area contributed by atoms with Crippen LogP contribution in [0.4, 0.5) is 24.5 Å². The lowest BCUT2D eigenvalue weighted by atomic mass is 10.1. The Morgan fingerprint density at radius 2 is 1.67 bits per heavy atom. The lowest BCUT2D eigenvalue weighted by molar-refractivity contribution is -0.167. The third-order valence-corrected chi connectivity index (χ3v) is 3.11. The minimum atomic E-state index is -4.93. The third-order valence-electron chi connectivity index (χ3n) is 3.11. The predicted octanol–water partition coefficient (Wildman–Crippen LogP) is 2.90. The van der Waals surface area contributed by atoms with E-state index in [1.807, 2.05) is 0 Å². The molecule has 0 heterocycles. The van der Waals surface area contributed by atoms with Crippen molar-refractivity contribution in [3.8, 4) is 0 Å². The highest BCUT2D eigenvalue weighted by molar-refractivity contribution is 5.95. The van der Waals surface area contributed by atoms with Crippen LogP contribution in [0.25, 0.3) is 0 Å². The molecule has 0 aromatic heterocycles. The first-order chi connectivity index (χ1) is 11.3. The van der Waals surface area contributed by atoms with Crippen molar-refractivity contribution in [1.82, 2.24) is 0 Å². The summed E-state index contributed by atoms with van der Waals surface area (Å²) in [6, 6.07) is 12.5. The van der Waals surface area contributed by atoms with Gasteiger partial charge in [-0.05, 0) is 42.0 Å². The van der Waals surface area contributed by atoms with Crippen LogP contribution in [0.5, 0.6) is 0 Å². The van der Waals surface area contributed by atoms with Crippen LogP contribution in [-0.4, -0.2) is 18.0 Å². The number of hydrogen-bond acceptors (Lipinski definition) is 3. The van der Waals surface area contributed by atoms with Crippen LogP contribution in [-0.2, 0) is 11.3 Å². The van der Waals surface area contributed by atoms with Crippen molar-refractivity contribution >= 4 is 23.2 Å². The van der Waals surface area contributed by atoms with E-state index in [1.165, 1.54) is 12.1 Å². The number of carbonyl (C=O) groups excluding carboxylic acids is 2. The maximum atomic E-state index is 12.2. The molecule has 0 spiro atoms. The Bertz CT molecular complexity index is 743. The van der Waals surface area contributed by atoms with Gasteiger partial charge >= 0.3 is 12.1 Å². The van der Waals surface area contributed by atoms with E-state index < -0.39 is 18.0 Å². The molecule has 0 bridgehead atoms. The van der Waals surface area contributed by atoms with E-state index in [4.69, 9.17) is 5.73 Å². The Hall–Kier alpha value is -3.03. The maximum Gasteiger partial charge on any atom is 0.471 e. The van der Waals surface area contributed by atoms with Gasteiger partial charge in [0.15, 0.2) is 0 Å². The molecule has 0 saturated carbocycles. The molecule has 126 valence electrons. The van der Waals surface area contributed by atoms with E-state index in [0.717, 1.165) is 0 Å². The van der Waals surface area contributed by atoms with E-state index >= 15 is 0 Å². The van der Waals surface area contributed by atoms with Crippen LogP contribution in [0, 0.1) is 0 Å². The monoisotopic (exact) mass is 337 g/mol. The second-order valence-electron chi connectivity index (χ2n) is 4.95. The molecule has 0 radical (unpaired) electrons. The Morgan fingerprint density at radius 3 is 2.25 bits per heavy atom. The number of hydrogen-bond donors (Lipinski definition) is 3. The van der Waals surface area contributed by atoms with Gasteiger partial charge < -0.3 is 16.4 Å². The number of carbonyl (C=O) groups is 2. The fourth-order valence-corrected chi connectivity index (χ4v) is 1.92. The number of anilines is 2. The highest BCUT2D eigenvalue weighted by Crippen LogP contribution is 2.19. The Morgan fingerprint density at radius 1 is 1.00 bits per heavy atom. The van der Waals surface area contributed by atoms with Gasteiger partial charge in [0.1, 0.15) is 0 Å². The molecule has 0 fully saturated rings. The molecule has 2 aromatic rings. The lowest BCUT2D eigenvalue weighted by Crippen LogP contribution is -2.29. The van der Waals surface area contributed by atoms with Gasteiger partial charge in [0.25, 0.3) is 0 Å². The fourth-order valence-electron chi connectivity index (χ4n) is 1.92. The quantitative estimate of drug-likeness (QED) is 0.784. The van der Waals surface area contributed by atoms with Gasteiger partial charge in [-0.1, -0.05) is 12.1 Å². The van der Waals surface area contributed by atoms with E-state index in [2.05, 4.69) is 5.32 Å². The number of nitrogens with one attached hydrogen (secondary N) is 2. The number of alkyl halides is 3.